The molecule has 1 amide bonds. The molecule has 4 fully saturated rings. The second-order valence-electron chi connectivity index (χ2n) is 7.57. The van der Waals surface area contributed by atoms with E-state index in [9.17, 15) is 4.79 Å². The molecule has 9 heteroatoms. The molecular formula is C19H24N8O. The molecule has 9 nitrogen and oxygen atoms in total. The van der Waals surface area contributed by atoms with Crippen LogP contribution in [0.2, 0.25) is 0 Å². The Morgan fingerprint density at radius 1 is 0.964 bits per heavy atom. The molecule has 0 radical (unpaired) electrons. The first-order chi connectivity index (χ1) is 13.8. The van der Waals surface area contributed by atoms with Gasteiger partial charge in [0.05, 0.1) is 0 Å². The standard InChI is InChI=1S/C19H24N8O/c28-18(16-5-2-1-4-15(16)17-22-24-25-23-17)27-11-13-6-7-14(27)12-26(10-13)19-20-8-3-9-21-19/h1-5,8-9,13-14,17,22-25H,6-7,10-12H2/t13-,14+/m0/s1. The SMILES string of the molecule is O=C(c1ccccc1C1NNNN1)N1C[C@H]2CC[C@@H]1CN(c1ncccn1)C2. The molecule has 2 aromatic rings. The van der Waals surface area contributed by atoms with Gasteiger partial charge < -0.3 is 9.80 Å². The number of piperidine rings is 1. The van der Waals surface area contributed by atoms with Crippen molar-refractivity contribution >= 4 is 11.9 Å². The van der Waals surface area contributed by atoms with Gasteiger partial charge in [0.25, 0.3) is 5.91 Å². The predicted octanol–water partition coefficient (Wildman–Crippen LogP) is 0.333. The van der Waals surface area contributed by atoms with Crippen LogP contribution in [0.5, 0.6) is 0 Å². The third-order valence-corrected chi connectivity index (χ3v) is 5.81. The summed E-state index contributed by atoms with van der Waals surface area (Å²) in [5.74, 6) is 1.28. The fourth-order valence-corrected chi connectivity index (χ4v) is 4.45. The smallest absolute Gasteiger partial charge is 0.254 e. The van der Waals surface area contributed by atoms with Gasteiger partial charge in [-0.3, -0.25) is 4.79 Å². The lowest BCUT2D eigenvalue weighted by Gasteiger charge is -2.36. The van der Waals surface area contributed by atoms with Gasteiger partial charge in [-0.25, -0.2) is 20.8 Å². The minimum absolute atomic E-state index is 0.0941. The van der Waals surface area contributed by atoms with E-state index in [1.807, 2.05) is 30.3 Å². The maximum Gasteiger partial charge on any atom is 0.254 e. The van der Waals surface area contributed by atoms with Crippen LogP contribution in [-0.4, -0.2) is 46.5 Å². The number of benzene rings is 1. The number of carbonyl (C=O) groups is 1. The van der Waals surface area contributed by atoms with Crippen LogP contribution in [0.1, 0.15) is 34.9 Å². The van der Waals surface area contributed by atoms with Crippen LogP contribution < -0.4 is 26.8 Å². The van der Waals surface area contributed by atoms with Gasteiger partial charge in [0.2, 0.25) is 5.95 Å². The number of nitrogens with one attached hydrogen (secondary N) is 4. The lowest BCUT2D eigenvalue weighted by Crippen LogP contribution is -2.48. The Morgan fingerprint density at radius 3 is 2.57 bits per heavy atom. The summed E-state index contributed by atoms with van der Waals surface area (Å²) in [4.78, 5) is 26.7. The molecule has 28 heavy (non-hydrogen) atoms. The van der Waals surface area contributed by atoms with Gasteiger partial charge in [0, 0.05) is 43.6 Å². The predicted molar refractivity (Wildman–Crippen MR) is 104 cm³/mol. The number of nitrogens with zero attached hydrogens (tertiary/aromatic N) is 4. The first kappa shape index (κ1) is 17.5. The van der Waals surface area contributed by atoms with Crippen molar-refractivity contribution in [1.29, 1.82) is 0 Å². The normalized spacial score (nSPS) is 25.1. The number of anilines is 1. The van der Waals surface area contributed by atoms with Crippen LogP contribution in [0.15, 0.2) is 42.7 Å². The molecule has 2 atom stereocenters. The van der Waals surface area contributed by atoms with E-state index in [1.165, 1.54) is 0 Å². The van der Waals surface area contributed by atoms with E-state index >= 15 is 0 Å². The summed E-state index contributed by atoms with van der Waals surface area (Å²) in [6, 6.07) is 9.77. The fraction of sp³-hybridized carbons (Fsp3) is 0.421. The molecule has 0 saturated carbocycles. The Labute approximate surface area is 163 Å². The molecule has 4 saturated heterocycles. The van der Waals surface area contributed by atoms with E-state index in [4.69, 9.17) is 0 Å². The Hall–Kier alpha value is -2.59. The minimum atomic E-state index is -0.168. The molecule has 1 aromatic heterocycles. The highest BCUT2D eigenvalue weighted by atomic mass is 16.2. The summed E-state index contributed by atoms with van der Waals surface area (Å²) in [5.41, 5.74) is 13.5. The highest BCUT2D eigenvalue weighted by Gasteiger charge is 2.39. The first-order valence-corrected chi connectivity index (χ1v) is 9.72. The van der Waals surface area contributed by atoms with Crippen molar-refractivity contribution in [2.45, 2.75) is 25.0 Å². The number of carbonyl (C=O) groups excluding carboxylic acids is 1. The number of amides is 1. The average Bonchev–Trinajstić information content (AvgIpc) is 3.13. The Kier molecular flexibility index (Phi) is 4.65. The summed E-state index contributed by atoms with van der Waals surface area (Å²) >= 11 is 0. The lowest BCUT2D eigenvalue weighted by atomic mass is 9.93. The first-order valence-electron chi connectivity index (χ1n) is 9.72. The molecule has 5 heterocycles. The van der Waals surface area contributed by atoms with Gasteiger partial charge in [-0.15, -0.1) is 0 Å². The molecule has 4 aliphatic heterocycles. The van der Waals surface area contributed by atoms with Gasteiger partial charge in [-0.1, -0.05) is 18.2 Å². The van der Waals surface area contributed by atoms with E-state index in [-0.39, 0.29) is 18.1 Å². The monoisotopic (exact) mass is 380 g/mol. The van der Waals surface area contributed by atoms with E-state index in [2.05, 4.69) is 41.7 Å². The fourth-order valence-electron chi connectivity index (χ4n) is 4.45. The topological polar surface area (TPSA) is 97.4 Å². The quantitative estimate of drug-likeness (QED) is 0.605. The van der Waals surface area contributed by atoms with Crippen molar-refractivity contribution < 1.29 is 4.79 Å². The molecule has 0 unspecified atom stereocenters. The van der Waals surface area contributed by atoms with Gasteiger partial charge in [-0.05, 0) is 36.5 Å². The summed E-state index contributed by atoms with van der Waals surface area (Å²) in [6.07, 6.45) is 5.54. The zero-order chi connectivity index (χ0) is 18.9. The van der Waals surface area contributed by atoms with Crippen LogP contribution in [0.4, 0.5) is 5.95 Å². The molecule has 146 valence electrons. The summed E-state index contributed by atoms with van der Waals surface area (Å²) in [7, 11) is 0. The second-order valence-corrected chi connectivity index (χ2v) is 7.57. The van der Waals surface area contributed by atoms with Gasteiger partial charge in [-0.2, -0.15) is 11.1 Å². The van der Waals surface area contributed by atoms with Crippen molar-refractivity contribution in [1.82, 2.24) is 36.8 Å². The Bertz CT molecular complexity index is 841. The van der Waals surface area contributed by atoms with E-state index in [0.717, 1.165) is 49.6 Å². The number of aromatic nitrogens is 2. The summed E-state index contributed by atoms with van der Waals surface area (Å²) in [5, 5.41) is 0. The summed E-state index contributed by atoms with van der Waals surface area (Å²) in [6.45, 7) is 2.45. The van der Waals surface area contributed by atoms with Crippen molar-refractivity contribution in [3.05, 3.63) is 53.9 Å². The molecule has 4 aliphatic rings. The molecule has 1 aromatic carbocycles. The highest BCUT2D eigenvalue weighted by Crippen LogP contribution is 2.31. The zero-order valence-electron chi connectivity index (χ0n) is 15.5. The maximum atomic E-state index is 13.5. The summed E-state index contributed by atoms with van der Waals surface area (Å²) < 4.78 is 0. The van der Waals surface area contributed by atoms with Crippen LogP contribution in [-0.2, 0) is 0 Å². The third-order valence-electron chi connectivity index (χ3n) is 5.81. The number of hydrazine groups is 3. The van der Waals surface area contributed by atoms with Crippen LogP contribution in [0.25, 0.3) is 0 Å². The lowest BCUT2D eigenvalue weighted by molar-refractivity contribution is 0.0590. The number of rotatable bonds is 3. The van der Waals surface area contributed by atoms with Crippen molar-refractivity contribution in [3.8, 4) is 0 Å². The van der Waals surface area contributed by atoms with Crippen LogP contribution in [0, 0.1) is 5.92 Å². The van der Waals surface area contributed by atoms with Crippen LogP contribution in [0.3, 0.4) is 0 Å². The van der Waals surface area contributed by atoms with Crippen LogP contribution >= 0.6 is 0 Å². The Morgan fingerprint density at radius 2 is 1.75 bits per heavy atom. The molecule has 0 spiro atoms. The third kappa shape index (κ3) is 3.22. The van der Waals surface area contributed by atoms with Crippen molar-refractivity contribution in [2.24, 2.45) is 5.92 Å². The molecule has 0 aliphatic carbocycles. The number of hydrogen-bond donors (Lipinski definition) is 4. The largest absolute Gasteiger partial charge is 0.338 e. The number of hydrogen-bond acceptors (Lipinski definition) is 8. The van der Waals surface area contributed by atoms with E-state index in [1.54, 1.807) is 12.4 Å². The zero-order valence-corrected chi connectivity index (χ0v) is 15.5. The molecule has 4 N–H and O–H groups in total. The Balaban J connectivity index is 1.41. The van der Waals surface area contributed by atoms with Gasteiger partial charge >= 0.3 is 0 Å². The van der Waals surface area contributed by atoms with Gasteiger partial charge in [0.1, 0.15) is 6.17 Å². The maximum absolute atomic E-state index is 13.5. The highest BCUT2D eigenvalue weighted by molar-refractivity contribution is 5.96. The second kappa shape index (κ2) is 7.44. The van der Waals surface area contributed by atoms with Gasteiger partial charge in [0.15, 0.2) is 0 Å². The molecule has 2 bridgehead atoms. The van der Waals surface area contributed by atoms with E-state index in [0.29, 0.717) is 5.92 Å². The van der Waals surface area contributed by atoms with E-state index < -0.39 is 0 Å². The molecule has 6 rings (SSSR count). The van der Waals surface area contributed by atoms with Crippen molar-refractivity contribution in [2.75, 3.05) is 24.5 Å². The molecular weight excluding hydrogens is 356 g/mol. The average molecular weight is 380 g/mol. The number of fused-ring (bicyclic) bond motifs is 4. The minimum Gasteiger partial charge on any atom is -0.338 e. The van der Waals surface area contributed by atoms with Crippen molar-refractivity contribution in [3.63, 3.8) is 0 Å².